The molecule has 0 aliphatic carbocycles. The fourth-order valence-corrected chi connectivity index (χ4v) is 2.84. The van der Waals surface area contributed by atoms with Gasteiger partial charge in [-0.3, -0.25) is 9.13 Å². The van der Waals surface area contributed by atoms with E-state index in [-0.39, 0.29) is 17.6 Å². The number of benzene rings is 1. The summed E-state index contributed by atoms with van der Waals surface area (Å²) in [4.78, 5) is 28.5. The number of hydrogen-bond acceptors (Lipinski definition) is 5. The summed E-state index contributed by atoms with van der Waals surface area (Å²) >= 11 is 0. The van der Waals surface area contributed by atoms with Crippen LogP contribution in [0.4, 0.5) is 10.5 Å². The third-order valence-corrected chi connectivity index (χ3v) is 4.48. The quantitative estimate of drug-likeness (QED) is 0.713. The van der Waals surface area contributed by atoms with Gasteiger partial charge >= 0.3 is 11.7 Å². The maximum Gasteiger partial charge on any atom is 0.328 e. The first-order chi connectivity index (χ1) is 12.8. The molecule has 9 heteroatoms. The number of fused-ring (bicyclic) bond motifs is 1. The number of carbonyl (C=O) groups is 1. The van der Waals surface area contributed by atoms with Crippen LogP contribution < -0.4 is 16.3 Å². The molecule has 3 rings (SSSR count). The standard InChI is InChI=1S/C18H24N6O3/c1-10(2)16-21-15(22-27-16)6-7-19-17(25)20-12-9-14-13(8-11(12)3)23(4)18(26)24(14)5/h8-10H,6-7H2,1-5H3,(H2,19,20,25). The van der Waals surface area contributed by atoms with Crippen molar-refractivity contribution < 1.29 is 9.32 Å². The fourth-order valence-electron chi connectivity index (χ4n) is 2.84. The highest BCUT2D eigenvalue weighted by molar-refractivity contribution is 5.93. The number of urea groups is 1. The highest BCUT2D eigenvalue weighted by Gasteiger charge is 2.13. The predicted molar refractivity (Wildman–Crippen MR) is 102 cm³/mol. The van der Waals surface area contributed by atoms with Gasteiger partial charge in [0.2, 0.25) is 5.89 Å². The summed E-state index contributed by atoms with van der Waals surface area (Å²) in [6.07, 6.45) is 0.481. The lowest BCUT2D eigenvalue weighted by Gasteiger charge is -2.10. The van der Waals surface area contributed by atoms with Crippen molar-refractivity contribution in [3.63, 3.8) is 0 Å². The Morgan fingerprint density at radius 1 is 1.22 bits per heavy atom. The second-order valence-corrected chi connectivity index (χ2v) is 6.89. The monoisotopic (exact) mass is 372 g/mol. The summed E-state index contributed by atoms with van der Waals surface area (Å²) < 4.78 is 8.28. The van der Waals surface area contributed by atoms with Crippen LogP contribution in [-0.4, -0.2) is 31.9 Å². The molecule has 0 unspecified atom stereocenters. The molecular weight excluding hydrogens is 348 g/mol. The number of anilines is 1. The van der Waals surface area contributed by atoms with E-state index < -0.39 is 0 Å². The minimum Gasteiger partial charge on any atom is -0.339 e. The van der Waals surface area contributed by atoms with E-state index in [4.69, 9.17) is 4.52 Å². The van der Waals surface area contributed by atoms with Crippen molar-refractivity contribution in [2.75, 3.05) is 11.9 Å². The number of aryl methyl sites for hydroxylation is 3. The van der Waals surface area contributed by atoms with Gasteiger partial charge in [-0.1, -0.05) is 19.0 Å². The van der Waals surface area contributed by atoms with Gasteiger partial charge in [-0.25, -0.2) is 9.59 Å². The summed E-state index contributed by atoms with van der Waals surface area (Å²) in [5, 5.41) is 9.50. The van der Waals surface area contributed by atoms with Crippen LogP contribution in [0.1, 0.15) is 37.0 Å². The second-order valence-electron chi connectivity index (χ2n) is 6.89. The summed E-state index contributed by atoms with van der Waals surface area (Å²) in [6.45, 7) is 6.22. The Balaban J connectivity index is 1.64. The summed E-state index contributed by atoms with van der Waals surface area (Å²) in [7, 11) is 3.44. The van der Waals surface area contributed by atoms with Gasteiger partial charge < -0.3 is 15.2 Å². The predicted octanol–water partition coefficient (Wildman–Crippen LogP) is 2.06. The van der Waals surface area contributed by atoms with Crippen molar-refractivity contribution in [3.8, 4) is 0 Å². The van der Waals surface area contributed by atoms with Gasteiger partial charge in [-0.15, -0.1) is 0 Å². The largest absolute Gasteiger partial charge is 0.339 e. The Bertz CT molecular complexity index is 1040. The third kappa shape index (κ3) is 3.71. The number of nitrogens with one attached hydrogen (secondary N) is 2. The zero-order chi connectivity index (χ0) is 19.7. The lowest BCUT2D eigenvalue weighted by molar-refractivity contribution is 0.252. The average Bonchev–Trinajstić information content (AvgIpc) is 3.17. The number of nitrogens with zero attached hydrogens (tertiary/aromatic N) is 4. The molecule has 27 heavy (non-hydrogen) atoms. The number of rotatable bonds is 5. The summed E-state index contributed by atoms with van der Waals surface area (Å²) in [5.74, 6) is 1.33. The SMILES string of the molecule is Cc1cc2c(cc1NC(=O)NCCc1noc(C(C)C)n1)n(C)c(=O)n2C. The molecule has 0 saturated heterocycles. The van der Waals surface area contributed by atoms with E-state index in [1.54, 1.807) is 29.3 Å². The van der Waals surface area contributed by atoms with Crippen LogP contribution in [0.5, 0.6) is 0 Å². The van der Waals surface area contributed by atoms with Crippen molar-refractivity contribution in [2.24, 2.45) is 14.1 Å². The van der Waals surface area contributed by atoms with Crippen molar-refractivity contribution in [2.45, 2.75) is 33.1 Å². The highest BCUT2D eigenvalue weighted by Crippen LogP contribution is 2.22. The van der Waals surface area contributed by atoms with Crippen LogP contribution in [0.25, 0.3) is 11.0 Å². The van der Waals surface area contributed by atoms with Gasteiger partial charge in [0.15, 0.2) is 5.82 Å². The Labute approximate surface area is 156 Å². The van der Waals surface area contributed by atoms with Crippen LogP contribution in [0.15, 0.2) is 21.5 Å². The van der Waals surface area contributed by atoms with Gasteiger partial charge in [0.25, 0.3) is 0 Å². The minimum atomic E-state index is -0.328. The molecule has 0 fully saturated rings. The molecule has 1 aromatic carbocycles. The molecule has 9 nitrogen and oxygen atoms in total. The van der Waals surface area contributed by atoms with Crippen molar-refractivity contribution in [3.05, 3.63) is 39.9 Å². The van der Waals surface area contributed by atoms with Gasteiger partial charge in [0.1, 0.15) is 0 Å². The first-order valence-electron chi connectivity index (χ1n) is 8.81. The minimum absolute atomic E-state index is 0.105. The van der Waals surface area contributed by atoms with Crippen LogP contribution in [0.2, 0.25) is 0 Å². The number of amides is 2. The molecule has 3 aromatic rings. The fraction of sp³-hybridized carbons (Fsp3) is 0.444. The van der Waals surface area contributed by atoms with Crippen LogP contribution in [0, 0.1) is 6.92 Å². The number of aromatic nitrogens is 4. The lowest BCUT2D eigenvalue weighted by Crippen LogP contribution is -2.30. The van der Waals surface area contributed by atoms with E-state index in [1.807, 2.05) is 26.8 Å². The van der Waals surface area contributed by atoms with E-state index in [1.165, 1.54) is 0 Å². The Morgan fingerprint density at radius 2 is 1.89 bits per heavy atom. The molecule has 0 bridgehead atoms. The van der Waals surface area contributed by atoms with Crippen LogP contribution in [0.3, 0.4) is 0 Å². The third-order valence-electron chi connectivity index (χ3n) is 4.48. The number of imidazole rings is 1. The first-order valence-corrected chi connectivity index (χ1v) is 8.81. The van der Waals surface area contributed by atoms with Gasteiger partial charge in [-0.05, 0) is 24.6 Å². The van der Waals surface area contributed by atoms with E-state index in [2.05, 4.69) is 20.8 Å². The Morgan fingerprint density at radius 3 is 2.52 bits per heavy atom. The molecule has 2 aromatic heterocycles. The Hall–Kier alpha value is -3.10. The molecule has 2 amide bonds. The smallest absolute Gasteiger partial charge is 0.328 e. The first kappa shape index (κ1) is 18.7. The van der Waals surface area contributed by atoms with Crippen molar-refractivity contribution in [1.82, 2.24) is 24.6 Å². The van der Waals surface area contributed by atoms with Gasteiger partial charge in [0.05, 0.1) is 11.0 Å². The Kier molecular flexibility index (Phi) is 5.02. The average molecular weight is 372 g/mol. The van der Waals surface area contributed by atoms with Crippen LogP contribution in [-0.2, 0) is 20.5 Å². The molecule has 2 heterocycles. The molecule has 0 saturated carbocycles. The summed E-state index contributed by atoms with van der Waals surface area (Å²) in [6, 6.07) is 3.37. The molecule has 2 N–H and O–H groups in total. The molecule has 0 atom stereocenters. The lowest BCUT2D eigenvalue weighted by atomic mass is 10.1. The van der Waals surface area contributed by atoms with E-state index in [0.29, 0.717) is 30.4 Å². The molecular formula is C18H24N6O3. The van der Waals surface area contributed by atoms with E-state index in [0.717, 1.165) is 16.6 Å². The van der Waals surface area contributed by atoms with Crippen molar-refractivity contribution >= 4 is 22.8 Å². The topological polar surface area (TPSA) is 107 Å². The van der Waals surface area contributed by atoms with E-state index in [9.17, 15) is 9.59 Å². The summed E-state index contributed by atoms with van der Waals surface area (Å²) in [5.41, 5.74) is 3.01. The highest BCUT2D eigenvalue weighted by atomic mass is 16.5. The second kappa shape index (κ2) is 7.26. The molecule has 0 aliphatic heterocycles. The van der Waals surface area contributed by atoms with Crippen LogP contribution >= 0.6 is 0 Å². The zero-order valence-corrected chi connectivity index (χ0v) is 16.2. The number of hydrogen-bond donors (Lipinski definition) is 2. The zero-order valence-electron chi connectivity index (χ0n) is 16.2. The van der Waals surface area contributed by atoms with Crippen molar-refractivity contribution in [1.29, 1.82) is 0 Å². The molecule has 0 aliphatic rings. The van der Waals surface area contributed by atoms with E-state index >= 15 is 0 Å². The molecule has 0 spiro atoms. The normalized spacial score (nSPS) is 11.3. The number of carbonyl (C=O) groups excluding carboxylic acids is 1. The molecule has 144 valence electrons. The van der Waals surface area contributed by atoms with Gasteiger partial charge in [0, 0.05) is 38.7 Å². The maximum absolute atomic E-state index is 12.2. The van der Waals surface area contributed by atoms with Gasteiger partial charge in [-0.2, -0.15) is 4.98 Å². The maximum atomic E-state index is 12.2. The molecule has 0 radical (unpaired) electrons.